The van der Waals surface area contributed by atoms with Gasteiger partial charge in [0.05, 0.1) is 35.9 Å². The van der Waals surface area contributed by atoms with E-state index in [0.717, 1.165) is 4.90 Å². The van der Waals surface area contributed by atoms with Gasteiger partial charge in [-0.1, -0.05) is 12.1 Å². The van der Waals surface area contributed by atoms with E-state index in [9.17, 15) is 57.5 Å². The Kier molecular flexibility index (Phi) is 20.2. The Morgan fingerprint density at radius 1 is 0.940 bits per heavy atom. The monoisotopic (exact) mass is 998 g/mol. The zero-order valence-electron chi connectivity index (χ0n) is 36.7. The molecule has 2 aromatic rings. The van der Waals surface area contributed by atoms with Gasteiger partial charge in [-0.3, -0.25) is 19.4 Å². The van der Waals surface area contributed by atoms with Gasteiger partial charge in [-0.2, -0.15) is 5.26 Å². The molecule has 0 saturated carbocycles. The van der Waals surface area contributed by atoms with Crippen LogP contribution in [0.1, 0.15) is 42.5 Å². The molecule has 5 N–H and O–H groups in total. The minimum absolute atomic E-state index is 0.0271. The second-order valence-electron chi connectivity index (χ2n) is 15.9. The maximum Gasteiger partial charge on any atom is 0.0151 e. The van der Waals surface area contributed by atoms with Crippen molar-refractivity contribution in [2.24, 2.45) is 0 Å². The van der Waals surface area contributed by atoms with Crippen LogP contribution in [0.15, 0.2) is 30.5 Å². The van der Waals surface area contributed by atoms with Crippen molar-refractivity contribution >= 4 is 82.7 Å². The van der Waals surface area contributed by atoms with Crippen molar-refractivity contribution < 1.29 is 64.0 Å². The summed E-state index contributed by atoms with van der Waals surface area (Å²) in [4.78, 5) is 113. The number of aromatic nitrogens is 1. The summed E-state index contributed by atoms with van der Waals surface area (Å²) >= 11 is -1.93. The first-order valence-electron chi connectivity index (χ1n) is 21.5. The predicted molar refractivity (Wildman–Crippen MR) is 230 cm³/mol. The number of carboxylic acids is 1. The third kappa shape index (κ3) is 16.5. The molecule has 5 amide bonds. The number of hydrogen-bond acceptors (Lipinski definition) is 17. The van der Waals surface area contributed by atoms with Gasteiger partial charge in [-0.05, 0) is 12.1 Å². The van der Waals surface area contributed by atoms with E-state index in [1.807, 2.05) is 14.7 Å². The van der Waals surface area contributed by atoms with Crippen LogP contribution >= 0.6 is 0 Å². The molecular formula is C41H53F2GaN11O12. The van der Waals surface area contributed by atoms with E-state index in [-0.39, 0.29) is 82.1 Å². The molecular weight excluding hydrogens is 946 g/mol. The zero-order chi connectivity index (χ0) is 48.3. The Morgan fingerprint density at radius 2 is 1.63 bits per heavy atom. The topological polar surface area (TPSA) is 285 Å². The molecule has 1 aromatic carbocycles. The number of pyridine rings is 1. The Labute approximate surface area is 392 Å². The molecule has 26 heteroatoms. The van der Waals surface area contributed by atoms with Gasteiger partial charge < -0.3 is 15.5 Å². The number of fused-ring (bicyclic) bond motifs is 14. The number of carbonyl (C=O) groups excluding carboxylic acids is 7. The maximum atomic E-state index is 13.8. The van der Waals surface area contributed by atoms with Crippen LogP contribution in [0.5, 0.6) is 0 Å². The van der Waals surface area contributed by atoms with Crippen LogP contribution in [-0.4, -0.2) is 217 Å². The number of benzene rings is 1. The first-order chi connectivity index (χ1) is 32.2. The number of para-hydroxylation sites is 1. The average molecular weight is 1000 g/mol. The standard InChI is InChI=1S/C41H54F2N11O12.Ga/c42-41(43)20-28(21-44)54(24-41)36(60)22-48-39(63)30-8-9-47-38-29(30)2-1-3-31(38)49-35(59)7-6-34(58)46-11-10-45-33(57)5-4-32(40(64)65)53-18-16-50(23-37(61)62)12-13-51(25-55)14-15-52(17-19-53)26-66-27-56;/h1-3,8-9,27-28,32H,4-7,10-20,22-26H2,(H,45,57)(H,46,58)(H,48,63)(H,49,59)(H,61,62)(H,64,65);/q-1;+2/p-1/t28-,32?;/m0./s1. The van der Waals surface area contributed by atoms with E-state index in [1.54, 1.807) is 29.2 Å². The van der Waals surface area contributed by atoms with Crippen LogP contribution in [-0.2, 0) is 45.4 Å². The second kappa shape index (κ2) is 25.9. The Balaban J connectivity index is 1.08. The molecule has 2 bridgehead atoms. The second-order valence-corrected chi connectivity index (χ2v) is 17.5. The summed E-state index contributed by atoms with van der Waals surface area (Å²) in [6.07, 6.45) is 0.0733. The molecule has 1 aromatic heterocycles. The van der Waals surface area contributed by atoms with Gasteiger partial charge in [-0.25, -0.2) is 8.78 Å². The molecule has 4 saturated heterocycles. The number of ether oxygens (including phenoxy) is 1. The summed E-state index contributed by atoms with van der Waals surface area (Å²) < 4.78 is 44.1. The SMILES string of the molecule is N#C[C@@H]1CC(F)(F)CN1C(=O)CNC(=O)c1ccnc2c(NC(=O)CCC(=O)NCCNC(=O)CCC3C(=O)[O][Ga][O]CN4CCN(COC=O)CCN3CCN(CC(=O)O)CC4)cccc12. The number of anilines is 1. The summed E-state index contributed by atoms with van der Waals surface area (Å²) in [7, 11) is 0. The number of halogens is 2. The van der Waals surface area contributed by atoms with E-state index >= 15 is 0 Å². The fourth-order valence-electron chi connectivity index (χ4n) is 7.66. The summed E-state index contributed by atoms with van der Waals surface area (Å²) in [5, 5.41) is 29.5. The number of rotatable bonds is 18. The van der Waals surface area contributed by atoms with Crippen molar-refractivity contribution in [3.63, 3.8) is 0 Å². The third-order valence-corrected chi connectivity index (χ3v) is 12.5. The largest absolute Gasteiger partial charge is 0.0594 e. The van der Waals surface area contributed by atoms with E-state index in [4.69, 9.17) is 11.8 Å². The van der Waals surface area contributed by atoms with Crippen LogP contribution in [0, 0.1) is 11.3 Å². The molecule has 4 aliphatic heterocycles. The molecule has 0 aliphatic carbocycles. The summed E-state index contributed by atoms with van der Waals surface area (Å²) in [5.74, 6) is -7.73. The number of nitrogens with zero attached hydrogens (tertiary/aromatic N) is 7. The van der Waals surface area contributed by atoms with Gasteiger partial charge in [-0.15, -0.1) is 0 Å². The Hall–Kier alpha value is -5.82. The minimum Gasteiger partial charge on any atom is -0.0594 e. The maximum absolute atomic E-state index is 13.8. The number of nitriles is 1. The van der Waals surface area contributed by atoms with Crippen molar-refractivity contribution in [1.29, 1.82) is 5.26 Å². The molecule has 67 heavy (non-hydrogen) atoms. The van der Waals surface area contributed by atoms with Crippen LogP contribution < -0.4 is 21.3 Å². The van der Waals surface area contributed by atoms with Crippen molar-refractivity contribution in [3.8, 4) is 6.07 Å². The van der Waals surface area contributed by atoms with Crippen LogP contribution in [0.25, 0.3) is 10.9 Å². The Morgan fingerprint density at radius 3 is 2.34 bits per heavy atom. The third-order valence-electron chi connectivity index (χ3n) is 11.2. The average Bonchev–Trinajstić information content (AvgIpc) is 3.63. The number of carboxylic acid groups (broad SMARTS) is 1. The molecule has 5 heterocycles. The number of hydrogen-bond donors (Lipinski definition) is 5. The first kappa shape index (κ1) is 52.2. The number of nitrogens with one attached hydrogen (secondary N) is 4. The molecule has 1 radical (unpaired) electrons. The zero-order valence-corrected chi connectivity index (χ0v) is 39.1. The van der Waals surface area contributed by atoms with E-state index < -0.39 is 97.1 Å². The number of carbonyl (C=O) groups is 8. The number of alkyl halides is 2. The summed E-state index contributed by atoms with van der Waals surface area (Å²) in [6.45, 7) is 2.16. The molecule has 3 unspecified atom stereocenters. The summed E-state index contributed by atoms with van der Waals surface area (Å²) in [6, 6.07) is 5.54. The van der Waals surface area contributed by atoms with Crippen LogP contribution in [0.4, 0.5) is 14.5 Å². The fraction of sp³-hybridized carbons (Fsp3) is 0.561. The smallest absolute Gasteiger partial charge is 0.0151 e. The summed E-state index contributed by atoms with van der Waals surface area (Å²) in [5.41, 5.74) is 0.549. The van der Waals surface area contributed by atoms with Gasteiger partial charge in [0.2, 0.25) is 11.8 Å². The van der Waals surface area contributed by atoms with Gasteiger partial charge in [0.1, 0.15) is 6.04 Å². The van der Waals surface area contributed by atoms with Crippen LogP contribution in [0.2, 0.25) is 0 Å². The fourth-order valence-corrected chi connectivity index (χ4v) is 8.90. The van der Waals surface area contributed by atoms with E-state index in [2.05, 4.69) is 26.3 Å². The molecule has 4 fully saturated rings. The molecule has 4 aliphatic rings. The quantitative estimate of drug-likeness (QED) is 0.0634. The minimum atomic E-state index is -3.21. The van der Waals surface area contributed by atoms with Gasteiger partial charge in [0.25, 0.3) is 11.8 Å². The van der Waals surface area contributed by atoms with Crippen molar-refractivity contribution in [3.05, 3.63) is 36.0 Å². The normalized spacial score (nSPS) is 21.5. The van der Waals surface area contributed by atoms with E-state index in [0.29, 0.717) is 57.7 Å². The number of amides is 5. The first-order valence-corrected chi connectivity index (χ1v) is 23.5. The van der Waals surface area contributed by atoms with Crippen molar-refractivity contribution in [1.82, 2.24) is 45.4 Å². The van der Waals surface area contributed by atoms with E-state index in [1.165, 1.54) is 12.3 Å². The molecule has 361 valence electrons. The predicted octanol–water partition coefficient (Wildman–Crippen LogP) is -1.67. The van der Waals surface area contributed by atoms with Gasteiger partial charge in [0, 0.05) is 24.4 Å². The van der Waals surface area contributed by atoms with Crippen molar-refractivity contribution in [2.45, 2.75) is 50.1 Å². The Bertz CT molecular complexity index is 2150. The van der Waals surface area contributed by atoms with Crippen LogP contribution in [0.3, 0.4) is 0 Å². The number of aliphatic carboxylic acids is 1. The molecule has 0 spiro atoms. The van der Waals surface area contributed by atoms with Crippen molar-refractivity contribution in [2.75, 3.05) is 104 Å². The molecule has 6 rings (SSSR count). The molecule has 23 nitrogen and oxygen atoms in total. The van der Waals surface area contributed by atoms with Gasteiger partial charge in [0.15, 0.2) is 0 Å². The van der Waals surface area contributed by atoms with Gasteiger partial charge >= 0.3 is 230 Å². The number of likely N-dealkylation sites (tertiary alicyclic amines) is 1. The molecule has 4 atom stereocenters.